The number of hydrogen-bond donors (Lipinski definition) is 1. The van der Waals surface area contributed by atoms with Gasteiger partial charge in [0.2, 0.25) is 0 Å². The van der Waals surface area contributed by atoms with Crippen LogP contribution in [0, 0.1) is 5.92 Å². The number of aryl methyl sites for hydroxylation is 1. The Labute approximate surface area is 114 Å². The average Bonchev–Trinajstić information content (AvgIpc) is 2.83. The molecule has 0 saturated carbocycles. The summed E-state index contributed by atoms with van der Waals surface area (Å²) in [4.78, 5) is 4.31. The van der Waals surface area contributed by atoms with Gasteiger partial charge in [-0.3, -0.25) is 0 Å². The summed E-state index contributed by atoms with van der Waals surface area (Å²) in [5, 5.41) is 7.65. The fourth-order valence-electron chi connectivity index (χ4n) is 1.96. The lowest BCUT2D eigenvalue weighted by atomic mass is 10.1. The van der Waals surface area contributed by atoms with Crippen LogP contribution in [0.2, 0.25) is 0 Å². The van der Waals surface area contributed by atoms with E-state index < -0.39 is 0 Å². The molecule has 1 aromatic carbocycles. The van der Waals surface area contributed by atoms with E-state index in [1.165, 1.54) is 5.56 Å². The van der Waals surface area contributed by atoms with Gasteiger partial charge in [-0.05, 0) is 30.0 Å². The topological polar surface area (TPSA) is 42.7 Å². The lowest BCUT2D eigenvalue weighted by molar-refractivity contribution is 0.468. The Morgan fingerprint density at radius 3 is 2.58 bits per heavy atom. The third kappa shape index (κ3) is 3.81. The molecule has 4 heteroatoms. The number of benzene rings is 1. The fourth-order valence-corrected chi connectivity index (χ4v) is 1.96. The molecule has 0 fully saturated rings. The summed E-state index contributed by atoms with van der Waals surface area (Å²) in [6.07, 6.45) is 2.70. The maximum Gasteiger partial charge on any atom is 0.146 e. The lowest BCUT2D eigenvalue weighted by Crippen LogP contribution is -2.13. The number of nitrogens with zero attached hydrogens (tertiary/aromatic N) is 3. The Kier molecular flexibility index (Phi) is 4.55. The normalized spacial score (nSPS) is 10.9. The van der Waals surface area contributed by atoms with Crippen molar-refractivity contribution in [3.63, 3.8) is 0 Å². The van der Waals surface area contributed by atoms with E-state index in [0.29, 0.717) is 12.5 Å². The Bertz CT molecular complexity index is 499. The van der Waals surface area contributed by atoms with Gasteiger partial charge in [-0.25, -0.2) is 9.67 Å². The van der Waals surface area contributed by atoms with Gasteiger partial charge in [0.1, 0.15) is 12.2 Å². The molecule has 0 bridgehead atoms. The molecule has 0 spiro atoms. The van der Waals surface area contributed by atoms with Crippen molar-refractivity contribution < 1.29 is 0 Å². The van der Waals surface area contributed by atoms with E-state index in [9.17, 15) is 0 Å². The smallest absolute Gasteiger partial charge is 0.146 e. The zero-order chi connectivity index (χ0) is 13.7. The molecule has 2 rings (SSSR count). The van der Waals surface area contributed by atoms with Gasteiger partial charge in [-0.15, -0.1) is 0 Å². The van der Waals surface area contributed by atoms with Crippen LogP contribution in [0.15, 0.2) is 30.6 Å². The molecule has 4 nitrogen and oxygen atoms in total. The predicted octanol–water partition coefficient (Wildman–Crippen LogP) is 3.11. The highest BCUT2D eigenvalue weighted by Gasteiger charge is 2.05. The van der Waals surface area contributed by atoms with Crippen LogP contribution in [0.4, 0.5) is 5.69 Å². The molecule has 19 heavy (non-hydrogen) atoms. The Hall–Kier alpha value is -1.84. The molecule has 1 aromatic heterocycles. The summed E-state index contributed by atoms with van der Waals surface area (Å²) in [5.74, 6) is 1.55. The van der Waals surface area contributed by atoms with Gasteiger partial charge in [0.15, 0.2) is 0 Å². The van der Waals surface area contributed by atoms with Gasteiger partial charge < -0.3 is 5.32 Å². The first-order valence-corrected chi connectivity index (χ1v) is 6.88. The summed E-state index contributed by atoms with van der Waals surface area (Å²) >= 11 is 0. The second kappa shape index (κ2) is 6.36. The van der Waals surface area contributed by atoms with E-state index in [1.54, 1.807) is 6.33 Å². The standard InChI is InChI=1S/C15H22N4/c1-4-13-5-7-14(8-6-13)16-9-15-17-11-18-19(15)10-12(2)3/h5-8,11-12,16H,4,9-10H2,1-3H3. The molecule has 0 aliphatic carbocycles. The Morgan fingerprint density at radius 2 is 1.95 bits per heavy atom. The van der Waals surface area contributed by atoms with Crippen molar-refractivity contribution in [2.75, 3.05) is 5.32 Å². The Morgan fingerprint density at radius 1 is 1.21 bits per heavy atom. The Balaban J connectivity index is 1.96. The molecule has 0 atom stereocenters. The number of nitrogens with one attached hydrogen (secondary N) is 1. The highest BCUT2D eigenvalue weighted by molar-refractivity contribution is 5.44. The first-order chi connectivity index (χ1) is 9.19. The maximum absolute atomic E-state index is 4.31. The van der Waals surface area contributed by atoms with E-state index in [1.807, 2.05) is 4.68 Å². The number of aromatic nitrogens is 3. The van der Waals surface area contributed by atoms with E-state index in [0.717, 1.165) is 24.5 Å². The second-order valence-electron chi connectivity index (χ2n) is 5.16. The summed E-state index contributed by atoms with van der Waals surface area (Å²) in [7, 11) is 0. The van der Waals surface area contributed by atoms with Gasteiger partial charge in [0, 0.05) is 12.2 Å². The van der Waals surface area contributed by atoms with Crippen molar-refractivity contribution in [3.8, 4) is 0 Å². The largest absolute Gasteiger partial charge is 0.378 e. The van der Waals surface area contributed by atoms with Gasteiger partial charge in [-0.1, -0.05) is 32.9 Å². The molecule has 1 heterocycles. The third-order valence-corrected chi connectivity index (χ3v) is 3.05. The van der Waals surface area contributed by atoms with Crippen LogP contribution < -0.4 is 5.32 Å². The summed E-state index contributed by atoms with van der Waals surface area (Å²) in [6, 6.07) is 8.53. The van der Waals surface area contributed by atoms with Crippen LogP contribution in [-0.4, -0.2) is 14.8 Å². The quantitative estimate of drug-likeness (QED) is 0.865. The zero-order valence-electron chi connectivity index (χ0n) is 11.9. The lowest BCUT2D eigenvalue weighted by Gasteiger charge is -2.10. The minimum atomic E-state index is 0.573. The number of anilines is 1. The van der Waals surface area contributed by atoms with Crippen LogP contribution in [-0.2, 0) is 19.5 Å². The monoisotopic (exact) mass is 258 g/mol. The van der Waals surface area contributed by atoms with E-state index >= 15 is 0 Å². The van der Waals surface area contributed by atoms with E-state index in [2.05, 4.69) is 60.4 Å². The maximum atomic E-state index is 4.31. The minimum Gasteiger partial charge on any atom is -0.378 e. The van der Waals surface area contributed by atoms with Gasteiger partial charge in [-0.2, -0.15) is 5.10 Å². The summed E-state index contributed by atoms with van der Waals surface area (Å²) in [5.41, 5.74) is 2.48. The van der Waals surface area contributed by atoms with Crippen LogP contribution >= 0.6 is 0 Å². The van der Waals surface area contributed by atoms with Crippen molar-refractivity contribution in [1.29, 1.82) is 0 Å². The van der Waals surface area contributed by atoms with Gasteiger partial charge in [0.05, 0.1) is 6.54 Å². The van der Waals surface area contributed by atoms with Crippen LogP contribution in [0.5, 0.6) is 0 Å². The van der Waals surface area contributed by atoms with Crippen LogP contribution in [0.3, 0.4) is 0 Å². The predicted molar refractivity (Wildman–Crippen MR) is 78.0 cm³/mol. The van der Waals surface area contributed by atoms with Crippen molar-refractivity contribution >= 4 is 5.69 Å². The van der Waals surface area contributed by atoms with Crippen LogP contribution in [0.1, 0.15) is 32.2 Å². The summed E-state index contributed by atoms with van der Waals surface area (Å²) in [6.45, 7) is 8.14. The fraction of sp³-hybridized carbons (Fsp3) is 0.467. The molecule has 0 saturated heterocycles. The molecule has 0 aliphatic rings. The van der Waals surface area contributed by atoms with Crippen molar-refractivity contribution in [2.45, 2.75) is 40.3 Å². The van der Waals surface area contributed by atoms with Crippen molar-refractivity contribution in [2.24, 2.45) is 5.92 Å². The number of hydrogen-bond acceptors (Lipinski definition) is 3. The molecule has 102 valence electrons. The van der Waals surface area contributed by atoms with Gasteiger partial charge in [0.25, 0.3) is 0 Å². The van der Waals surface area contributed by atoms with Crippen molar-refractivity contribution in [3.05, 3.63) is 42.0 Å². The van der Waals surface area contributed by atoms with Crippen molar-refractivity contribution in [1.82, 2.24) is 14.8 Å². The van der Waals surface area contributed by atoms with Crippen LogP contribution in [0.25, 0.3) is 0 Å². The minimum absolute atomic E-state index is 0.573. The molecule has 1 N–H and O–H groups in total. The highest BCUT2D eigenvalue weighted by Crippen LogP contribution is 2.11. The molecule has 0 unspecified atom stereocenters. The molecule has 2 aromatic rings. The van der Waals surface area contributed by atoms with E-state index in [4.69, 9.17) is 0 Å². The number of rotatable bonds is 6. The van der Waals surface area contributed by atoms with Gasteiger partial charge >= 0.3 is 0 Å². The summed E-state index contributed by atoms with van der Waals surface area (Å²) < 4.78 is 1.97. The molecule has 0 aliphatic heterocycles. The first-order valence-electron chi connectivity index (χ1n) is 6.88. The second-order valence-corrected chi connectivity index (χ2v) is 5.16. The molecular formula is C15H22N4. The third-order valence-electron chi connectivity index (χ3n) is 3.05. The van der Waals surface area contributed by atoms with E-state index in [-0.39, 0.29) is 0 Å². The first kappa shape index (κ1) is 13.6. The zero-order valence-corrected chi connectivity index (χ0v) is 11.9. The average molecular weight is 258 g/mol. The molecule has 0 radical (unpaired) electrons. The highest BCUT2D eigenvalue weighted by atomic mass is 15.3. The molecular weight excluding hydrogens is 236 g/mol. The SMILES string of the molecule is CCc1ccc(NCc2ncnn2CC(C)C)cc1. The molecule has 0 amide bonds.